The summed E-state index contributed by atoms with van der Waals surface area (Å²) in [6.45, 7) is 4.23. The van der Waals surface area contributed by atoms with Gasteiger partial charge in [0.05, 0.1) is 0 Å². The predicted octanol–water partition coefficient (Wildman–Crippen LogP) is 14.3. The standard InChI is InChI=1S/C47H87NO5/c1-3-5-7-9-11-13-15-17-18-19-20-21-23-25-27-29-34-38-42-47(52)53-44(40-36-32-30-33-37-41-45(49)48-43-46(50)51)39-35-31-28-26-24-22-16-14-12-10-8-6-4-2/h16,22,26,28,44H,3-15,17-21,23-25,27,29-43H2,1-2H3,(H,48,49)(H,50,51)/b22-16-,28-26-. The number of esters is 1. The fourth-order valence-electron chi connectivity index (χ4n) is 6.96. The molecule has 0 fully saturated rings. The predicted molar refractivity (Wildman–Crippen MR) is 226 cm³/mol. The fraction of sp³-hybridized carbons (Fsp3) is 0.851. The Labute approximate surface area is 328 Å². The van der Waals surface area contributed by atoms with Crippen LogP contribution in [0, 0.1) is 0 Å². The van der Waals surface area contributed by atoms with Gasteiger partial charge in [-0.2, -0.15) is 0 Å². The molecule has 310 valence electrons. The number of carboxylic acid groups (broad SMARTS) is 1. The molecule has 6 nitrogen and oxygen atoms in total. The van der Waals surface area contributed by atoms with Crippen molar-refractivity contribution in [2.45, 2.75) is 251 Å². The van der Waals surface area contributed by atoms with E-state index in [2.05, 4.69) is 43.5 Å². The average Bonchev–Trinajstić information content (AvgIpc) is 3.14. The Kier molecular flexibility index (Phi) is 40.9. The van der Waals surface area contributed by atoms with Crippen molar-refractivity contribution in [1.82, 2.24) is 5.32 Å². The molecule has 0 bridgehead atoms. The molecule has 53 heavy (non-hydrogen) atoms. The number of hydrogen-bond donors (Lipinski definition) is 2. The molecule has 0 saturated carbocycles. The molecule has 1 unspecified atom stereocenters. The highest BCUT2D eigenvalue weighted by molar-refractivity contribution is 5.80. The molecule has 1 amide bonds. The average molecular weight is 746 g/mol. The quantitative estimate of drug-likeness (QED) is 0.0369. The molecule has 0 rings (SSSR count). The molecule has 0 aromatic heterocycles. The monoisotopic (exact) mass is 746 g/mol. The normalized spacial score (nSPS) is 12.2. The van der Waals surface area contributed by atoms with Gasteiger partial charge in [0.1, 0.15) is 12.6 Å². The molecular weight excluding hydrogens is 659 g/mol. The molecular formula is C47H87NO5. The number of hydrogen-bond acceptors (Lipinski definition) is 4. The molecule has 0 aromatic carbocycles. The summed E-state index contributed by atoms with van der Waals surface area (Å²) in [4.78, 5) is 35.1. The summed E-state index contributed by atoms with van der Waals surface area (Å²) in [5.74, 6) is -1.25. The highest BCUT2D eigenvalue weighted by Gasteiger charge is 2.14. The van der Waals surface area contributed by atoms with E-state index in [1.807, 2.05) is 0 Å². The van der Waals surface area contributed by atoms with Gasteiger partial charge in [-0.3, -0.25) is 14.4 Å². The van der Waals surface area contributed by atoms with Gasteiger partial charge in [-0.15, -0.1) is 0 Å². The van der Waals surface area contributed by atoms with E-state index < -0.39 is 5.97 Å². The third-order valence-corrected chi connectivity index (χ3v) is 10.4. The van der Waals surface area contributed by atoms with Crippen LogP contribution < -0.4 is 5.32 Å². The van der Waals surface area contributed by atoms with E-state index >= 15 is 0 Å². The second-order valence-electron chi connectivity index (χ2n) is 15.7. The summed E-state index contributed by atoms with van der Waals surface area (Å²) >= 11 is 0. The fourth-order valence-corrected chi connectivity index (χ4v) is 6.96. The van der Waals surface area contributed by atoms with E-state index in [4.69, 9.17) is 9.84 Å². The Morgan fingerprint density at radius 1 is 0.491 bits per heavy atom. The van der Waals surface area contributed by atoms with E-state index in [0.29, 0.717) is 12.8 Å². The Bertz CT molecular complexity index is 869. The SMILES string of the molecule is CCCCCCC/C=C\C/C=C\CCCC(CCCCCCCC(=O)NCC(=O)O)OC(=O)CCCCCCCCCCCCCCCCCCCC. The third kappa shape index (κ3) is 42.5. The van der Waals surface area contributed by atoms with Crippen molar-refractivity contribution in [2.75, 3.05) is 6.54 Å². The Morgan fingerprint density at radius 3 is 1.38 bits per heavy atom. The lowest BCUT2D eigenvalue weighted by molar-refractivity contribution is -0.150. The van der Waals surface area contributed by atoms with Crippen molar-refractivity contribution in [2.24, 2.45) is 0 Å². The van der Waals surface area contributed by atoms with Gasteiger partial charge in [0.25, 0.3) is 0 Å². The molecule has 0 radical (unpaired) electrons. The van der Waals surface area contributed by atoms with E-state index in [9.17, 15) is 14.4 Å². The van der Waals surface area contributed by atoms with Crippen molar-refractivity contribution in [3.63, 3.8) is 0 Å². The Balaban J connectivity index is 4.15. The van der Waals surface area contributed by atoms with Crippen molar-refractivity contribution in [3.8, 4) is 0 Å². The van der Waals surface area contributed by atoms with Crippen LogP contribution in [0.25, 0.3) is 0 Å². The highest BCUT2D eigenvalue weighted by Crippen LogP contribution is 2.18. The zero-order valence-electron chi connectivity index (χ0n) is 35.1. The summed E-state index contributed by atoms with van der Waals surface area (Å²) in [5.41, 5.74) is 0. The van der Waals surface area contributed by atoms with Crippen LogP contribution in [0.5, 0.6) is 0 Å². The van der Waals surface area contributed by atoms with Gasteiger partial charge in [0.2, 0.25) is 5.91 Å². The number of ether oxygens (including phenoxy) is 1. The number of unbranched alkanes of at least 4 members (excludes halogenated alkanes) is 27. The van der Waals surface area contributed by atoms with E-state index in [1.54, 1.807) is 0 Å². The van der Waals surface area contributed by atoms with E-state index in [-0.39, 0.29) is 24.5 Å². The van der Waals surface area contributed by atoms with Gasteiger partial charge in [-0.1, -0.05) is 192 Å². The first-order valence-electron chi connectivity index (χ1n) is 23.0. The van der Waals surface area contributed by atoms with E-state index in [1.165, 1.54) is 141 Å². The van der Waals surface area contributed by atoms with Crippen LogP contribution in [-0.4, -0.2) is 35.6 Å². The van der Waals surface area contributed by atoms with Gasteiger partial charge < -0.3 is 15.2 Å². The molecule has 0 aliphatic carbocycles. The summed E-state index contributed by atoms with van der Waals surface area (Å²) < 4.78 is 6.02. The van der Waals surface area contributed by atoms with Crippen molar-refractivity contribution >= 4 is 17.8 Å². The Hall–Kier alpha value is -2.11. The maximum Gasteiger partial charge on any atom is 0.322 e. The molecule has 0 spiro atoms. The van der Waals surface area contributed by atoms with Gasteiger partial charge in [0.15, 0.2) is 0 Å². The lowest BCUT2D eigenvalue weighted by Crippen LogP contribution is -2.28. The topological polar surface area (TPSA) is 92.7 Å². The number of aliphatic carboxylic acids is 1. The molecule has 1 atom stereocenters. The number of carboxylic acids is 1. The molecule has 2 N–H and O–H groups in total. The highest BCUT2D eigenvalue weighted by atomic mass is 16.5. The Morgan fingerprint density at radius 2 is 0.887 bits per heavy atom. The first-order valence-corrected chi connectivity index (χ1v) is 23.0. The lowest BCUT2D eigenvalue weighted by Gasteiger charge is -2.18. The molecule has 0 aromatic rings. The van der Waals surface area contributed by atoms with Gasteiger partial charge in [-0.05, 0) is 64.2 Å². The largest absolute Gasteiger partial charge is 0.480 e. The molecule has 6 heteroatoms. The first kappa shape index (κ1) is 50.9. The van der Waals surface area contributed by atoms with Crippen LogP contribution in [0.15, 0.2) is 24.3 Å². The minimum Gasteiger partial charge on any atom is -0.480 e. The number of amides is 1. The summed E-state index contributed by atoms with van der Waals surface area (Å²) in [5, 5.41) is 11.1. The second-order valence-corrected chi connectivity index (χ2v) is 15.7. The second kappa shape index (κ2) is 42.6. The first-order chi connectivity index (χ1) is 26.0. The van der Waals surface area contributed by atoms with Crippen LogP contribution >= 0.6 is 0 Å². The minimum absolute atomic E-state index is 0.0131. The van der Waals surface area contributed by atoms with Gasteiger partial charge in [0, 0.05) is 12.8 Å². The van der Waals surface area contributed by atoms with Gasteiger partial charge >= 0.3 is 11.9 Å². The number of nitrogens with one attached hydrogen (secondary N) is 1. The maximum atomic E-state index is 12.8. The molecule has 0 saturated heterocycles. The lowest BCUT2D eigenvalue weighted by atomic mass is 10.0. The smallest absolute Gasteiger partial charge is 0.322 e. The van der Waals surface area contributed by atoms with Crippen LogP contribution in [0.3, 0.4) is 0 Å². The zero-order valence-corrected chi connectivity index (χ0v) is 35.1. The molecule has 0 aliphatic heterocycles. The van der Waals surface area contributed by atoms with E-state index in [0.717, 1.165) is 77.0 Å². The molecule has 0 aliphatic rings. The van der Waals surface area contributed by atoms with Crippen LogP contribution in [0.2, 0.25) is 0 Å². The minimum atomic E-state index is -1.02. The van der Waals surface area contributed by atoms with Crippen molar-refractivity contribution in [3.05, 3.63) is 24.3 Å². The third-order valence-electron chi connectivity index (χ3n) is 10.4. The summed E-state index contributed by atoms with van der Waals surface area (Å²) in [6.07, 6.45) is 51.7. The number of carbonyl (C=O) groups excluding carboxylic acids is 2. The van der Waals surface area contributed by atoms with Crippen molar-refractivity contribution < 1.29 is 24.2 Å². The van der Waals surface area contributed by atoms with Crippen LogP contribution in [-0.2, 0) is 19.1 Å². The summed E-state index contributed by atoms with van der Waals surface area (Å²) in [6, 6.07) is 0. The van der Waals surface area contributed by atoms with Gasteiger partial charge in [-0.25, -0.2) is 0 Å². The molecule has 0 heterocycles. The van der Waals surface area contributed by atoms with Crippen LogP contribution in [0.4, 0.5) is 0 Å². The zero-order chi connectivity index (χ0) is 38.7. The number of rotatable bonds is 42. The van der Waals surface area contributed by atoms with Crippen LogP contribution in [0.1, 0.15) is 245 Å². The number of allylic oxidation sites excluding steroid dienone is 4. The van der Waals surface area contributed by atoms with Crippen molar-refractivity contribution in [1.29, 1.82) is 0 Å². The summed E-state index contributed by atoms with van der Waals surface area (Å²) in [7, 11) is 0. The number of carbonyl (C=O) groups is 3. The maximum absolute atomic E-state index is 12.8.